The molecule has 0 saturated carbocycles. The molecule has 0 bridgehead atoms. The van der Waals surface area contributed by atoms with Gasteiger partial charge in [0, 0.05) is 12.1 Å². The number of aromatic nitrogens is 2. The van der Waals surface area contributed by atoms with Crippen LogP contribution in [0.2, 0.25) is 0 Å². The number of esters is 2. The van der Waals surface area contributed by atoms with Crippen molar-refractivity contribution >= 4 is 46.4 Å². The SMILES string of the molecule is CCOC(=O)CCC(NC(=O)c1ccc(Nc2nc3ccccc3nc2C(=O)OCC)cc1C(F)(F)F)C(=O)O. The predicted octanol–water partition coefficient (Wildman–Crippen LogP) is 4.10. The first kappa shape index (κ1) is 29.8. The van der Waals surface area contributed by atoms with Gasteiger partial charge in [0.2, 0.25) is 0 Å². The van der Waals surface area contributed by atoms with Crippen molar-refractivity contribution in [3.05, 3.63) is 59.3 Å². The molecular formula is C26H25F3N4O7. The molecule has 0 saturated heterocycles. The van der Waals surface area contributed by atoms with Crippen LogP contribution in [-0.2, 0) is 25.2 Å². The number of hydrogen-bond donors (Lipinski definition) is 3. The number of carboxylic acid groups (broad SMARTS) is 1. The average Bonchev–Trinajstić information content (AvgIpc) is 2.90. The van der Waals surface area contributed by atoms with E-state index in [1.165, 1.54) is 0 Å². The number of hydrogen-bond acceptors (Lipinski definition) is 9. The summed E-state index contributed by atoms with van der Waals surface area (Å²) in [6.07, 6.45) is -5.78. The third kappa shape index (κ3) is 7.42. The van der Waals surface area contributed by atoms with Gasteiger partial charge in [-0.15, -0.1) is 0 Å². The van der Waals surface area contributed by atoms with Crippen molar-refractivity contribution in [2.24, 2.45) is 0 Å². The van der Waals surface area contributed by atoms with E-state index in [-0.39, 0.29) is 36.8 Å². The molecule has 212 valence electrons. The number of nitrogens with zero attached hydrogens (tertiary/aromatic N) is 2. The summed E-state index contributed by atoms with van der Waals surface area (Å²) in [5.41, 5.74) is -1.97. The zero-order valence-electron chi connectivity index (χ0n) is 21.4. The maximum absolute atomic E-state index is 14.0. The van der Waals surface area contributed by atoms with Gasteiger partial charge in [0.15, 0.2) is 11.5 Å². The van der Waals surface area contributed by atoms with Crippen LogP contribution in [0.1, 0.15) is 53.1 Å². The monoisotopic (exact) mass is 562 g/mol. The highest BCUT2D eigenvalue weighted by Gasteiger charge is 2.36. The van der Waals surface area contributed by atoms with Crippen LogP contribution in [0.5, 0.6) is 0 Å². The van der Waals surface area contributed by atoms with Crippen LogP contribution in [0.4, 0.5) is 24.7 Å². The Kier molecular flexibility index (Phi) is 9.59. The number of benzene rings is 2. The normalized spacial score (nSPS) is 11.9. The Morgan fingerprint density at radius 3 is 2.23 bits per heavy atom. The topological polar surface area (TPSA) is 157 Å². The Morgan fingerprint density at radius 1 is 0.975 bits per heavy atom. The second kappa shape index (κ2) is 12.9. The maximum atomic E-state index is 14.0. The lowest BCUT2D eigenvalue weighted by Gasteiger charge is -2.18. The molecule has 1 heterocycles. The summed E-state index contributed by atoms with van der Waals surface area (Å²) in [5, 5.41) is 14.0. The maximum Gasteiger partial charge on any atom is 0.417 e. The van der Waals surface area contributed by atoms with E-state index in [1.807, 2.05) is 5.32 Å². The predicted molar refractivity (Wildman–Crippen MR) is 135 cm³/mol. The van der Waals surface area contributed by atoms with Gasteiger partial charge in [-0.25, -0.2) is 19.6 Å². The molecule has 0 aliphatic carbocycles. The number of rotatable bonds is 11. The molecule has 11 nitrogen and oxygen atoms in total. The zero-order valence-corrected chi connectivity index (χ0v) is 21.4. The van der Waals surface area contributed by atoms with Crippen LogP contribution in [-0.4, -0.2) is 58.1 Å². The highest BCUT2D eigenvalue weighted by molar-refractivity contribution is 5.99. The lowest BCUT2D eigenvalue weighted by Crippen LogP contribution is -2.41. The molecule has 2 aromatic carbocycles. The van der Waals surface area contributed by atoms with E-state index < -0.39 is 53.6 Å². The highest BCUT2D eigenvalue weighted by Crippen LogP contribution is 2.35. The van der Waals surface area contributed by atoms with Crippen molar-refractivity contribution in [2.75, 3.05) is 18.5 Å². The van der Waals surface area contributed by atoms with E-state index in [1.54, 1.807) is 38.1 Å². The van der Waals surface area contributed by atoms with Gasteiger partial charge in [-0.05, 0) is 50.6 Å². The molecule has 1 unspecified atom stereocenters. The van der Waals surface area contributed by atoms with Crippen molar-refractivity contribution in [1.82, 2.24) is 15.3 Å². The number of nitrogens with one attached hydrogen (secondary N) is 2. The largest absolute Gasteiger partial charge is 0.480 e. The Morgan fingerprint density at radius 2 is 1.62 bits per heavy atom. The molecule has 0 radical (unpaired) electrons. The van der Waals surface area contributed by atoms with Gasteiger partial charge >= 0.3 is 24.1 Å². The number of carboxylic acids is 1. The van der Waals surface area contributed by atoms with E-state index in [2.05, 4.69) is 15.3 Å². The van der Waals surface area contributed by atoms with Crippen molar-refractivity contribution in [3.8, 4) is 0 Å². The minimum atomic E-state index is -5.02. The second-order valence-electron chi connectivity index (χ2n) is 8.22. The number of fused-ring (bicyclic) bond motifs is 1. The molecule has 40 heavy (non-hydrogen) atoms. The highest BCUT2D eigenvalue weighted by atomic mass is 19.4. The van der Waals surface area contributed by atoms with Crippen LogP contribution < -0.4 is 10.6 Å². The number of ether oxygens (including phenoxy) is 2. The molecular weight excluding hydrogens is 537 g/mol. The van der Waals surface area contributed by atoms with Gasteiger partial charge in [0.05, 0.1) is 35.4 Å². The van der Waals surface area contributed by atoms with Crippen LogP contribution in [0.15, 0.2) is 42.5 Å². The van der Waals surface area contributed by atoms with Gasteiger partial charge in [-0.1, -0.05) is 12.1 Å². The van der Waals surface area contributed by atoms with Crippen LogP contribution in [0.25, 0.3) is 11.0 Å². The average molecular weight is 563 g/mol. The molecule has 0 spiro atoms. The third-order valence-electron chi connectivity index (χ3n) is 5.42. The van der Waals surface area contributed by atoms with Crippen molar-refractivity contribution in [1.29, 1.82) is 0 Å². The lowest BCUT2D eigenvalue weighted by molar-refractivity contribution is -0.144. The van der Waals surface area contributed by atoms with Crippen molar-refractivity contribution < 1.29 is 46.9 Å². The first-order valence-electron chi connectivity index (χ1n) is 12.1. The van der Waals surface area contributed by atoms with Gasteiger partial charge in [0.25, 0.3) is 5.91 Å². The summed E-state index contributed by atoms with van der Waals surface area (Å²) >= 11 is 0. The number of amides is 1. The van der Waals surface area contributed by atoms with Crippen LogP contribution in [0, 0.1) is 0 Å². The molecule has 0 aliphatic heterocycles. The quantitative estimate of drug-likeness (QED) is 0.291. The summed E-state index contributed by atoms with van der Waals surface area (Å²) in [5.74, 6) is -4.59. The standard InChI is InChI=1S/C26H25F3N4O7/c1-3-39-20(34)12-11-19(24(36)37)33-23(35)15-10-9-14(13-16(15)26(27,28)29)30-22-21(25(38)40-4-2)31-17-7-5-6-8-18(17)32-22/h5-10,13,19H,3-4,11-12H2,1-2H3,(H,30,32)(H,33,35)(H,36,37). The second-order valence-corrected chi connectivity index (χ2v) is 8.22. The van der Waals surface area contributed by atoms with E-state index >= 15 is 0 Å². The Labute approximate surface area is 225 Å². The molecule has 14 heteroatoms. The fourth-order valence-corrected chi connectivity index (χ4v) is 3.61. The van der Waals surface area contributed by atoms with Crippen molar-refractivity contribution in [2.45, 2.75) is 38.9 Å². The van der Waals surface area contributed by atoms with Gasteiger partial charge in [0.1, 0.15) is 6.04 Å². The Bertz CT molecular complexity index is 1430. The smallest absolute Gasteiger partial charge is 0.417 e. The number of anilines is 2. The lowest BCUT2D eigenvalue weighted by atomic mass is 10.0. The number of halogens is 3. The summed E-state index contributed by atoms with van der Waals surface area (Å²) in [7, 11) is 0. The van der Waals surface area contributed by atoms with E-state index in [9.17, 15) is 37.5 Å². The third-order valence-corrected chi connectivity index (χ3v) is 5.42. The molecule has 3 aromatic rings. The molecule has 3 N–H and O–H groups in total. The number of carbonyl (C=O) groups excluding carboxylic acids is 3. The zero-order chi connectivity index (χ0) is 29.4. The molecule has 1 aromatic heterocycles. The Balaban J connectivity index is 1.94. The van der Waals surface area contributed by atoms with E-state index in [0.29, 0.717) is 17.1 Å². The summed E-state index contributed by atoms with van der Waals surface area (Å²) in [6, 6.07) is 7.49. The fourth-order valence-electron chi connectivity index (χ4n) is 3.61. The molecule has 0 fully saturated rings. The Hall–Kier alpha value is -4.75. The first-order valence-corrected chi connectivity index (χ1v) is 12.1. The summed E-state index contributed by atoms with van der Waals surface area (Å²) in [4.78, 5) is 56.8. The number of carbonyl (C=O) groups is 4. The number of alkyl halides is 3. The van der Waals surface area contributed by atoms with Gasteiger partial charge < -0.3 is 25.2 Å². The van der Waals surface area contributed by atoms with Crippen LogP contribution in [0.3, 0.4) is 0 Å². The van der Waals surface area contributed by atoms with Crippen LogP contribution >= 0.6 is 0 Å². The van der Waals surface area contributed by atoms with Gasteiger partial charge in [-0.3, -0.25) is 9.59 Å². The van der Waals surface area contributed by atoms with Crippen molar-refractivity contribution in [3.63, 3.8) is 0 Å². The summed E-state index contributed by atoms with van der Waals surface area (Å²) < 4.78 is 51.7. The molecule has 1 amide bonds. The fraction of sp³-hybridized carbons (Fsp3) is 0.308. The van der Waals surface area contributed by atoms with Gasteiger partial charge in [-0.2, -0.15) is 13.2 Å². The molecule has 3 rings (SSSR count). The van der Waals surface area contributed by atoms with E-state index in [4.69, 9.17) is 9.47 Å². The molecule has 0 aliphatic rings. The summed E-state index contributed by atoms with van der Waals surface area (Å²) in [6.45, 7) is 3.20. The minimum absolute atomic E-state index is 0.0198. The first-order chi connectivity index (χ1) is 18.9. The van der Waals surface area contributed by atoms with E-state index in [0.717, 1.165) is 12.1 Å². The number of para-hydroxylation sites is 2. The molecule has 1 atom stereocenters. The number of aliphatic carboxylic acids is 1. The minimum Gasteiger partial charge on any atom is -0.480 e.